The van der Waals surface area contributed by atoms with E-state index in [4.69, 9.17) is 4.74 Å². The first-order chi connectivity index (χ1) is 8.65. The van der Waals surface area contributed by atoms with Gasteiger partial charge >= 0.3 is 0 Å². The molecule has 1 aromatic rings. The van der Waals surface area contributed by atoms with Gasteiger partial charge in [-0.1, -0.05) is 0 Å². The van der Waals surface area contributed by atoms with Gasteiger partial charge in [-0.15, -0.1) is 0 Å². The molecule has 18 heavy (non-hydrogen) atoms. The normalized spacial score (nSPS) is 24.1. The van der Waals surface area contributed by atoms with Gasteiger partial charge in [-0.2, -0.15) is 0 Å². The van der Waals surface area contributed by atoms with Gasteiger partial charge in [-0.05, 0) is 57.5 Å². The summed E-state index contributed by atoms with van der Waals surface area (Å²) in [5.74, 6) is 0.939. The number of nitrogens with zero attached hydrogens (tertiary/aromatic N) is 1. The average Bonchev–Trinajstić information content (AvgIpc) is 2.39. The predicted molar refractivity (Wildman–Crippen MR) is 76.6 cm³/mol. The van der Waals surface area contributed by atoms with Crippen LogP contribution < -0.4 is 15.0 Å². The van der Waals surface area contributed by atoms with Gasteiger partial charge in [0.1, 0.15) is 5.75 Å². The first-order valence-corrected chi connectivity index (χ1v) is 6.74. The number of ether oxygens (including phenoxy) is 1. The van der Waals surface area contributed by atoms with Gasteiger partial charge in [0.15, 0.2) is 0 Å². The first kappa shape index (κ1) is 13.2. The van der Waals surface area contributed by atoms with Gasteiger partial charge in [0.25, 0.3) is 0 Å². The van der Waals surface area contributed by atoms with E-state index >= 15 is 0 Å². The predicted octanol–water partition coefficient (Wildman–Crippen LogP) is 2.58. The highest BCUT2D eigenvalue weighted by Gasteiger charge is 2.25. The van der Waals surface area contributed by atoms with Crippen LogP contribution in [0.15, 0.2) is 18.2 Å². The number of aryl methyl sites for hydroxylation is 1. The standard InChI is InChI=1S/C15H24N2O/c1-11-9-14(18-4)5-6-15(11)17-8-7-13(16-3)10-12(17)2/h5-6,9,12-13,16H,7-8,10H2,1-4H3. The number of hydrogen-bond acceptors (Lipinski definition) is 3. The lowest BCUT2D eigenvalue weighted by Gasteiger charge is -2.40. The van der Waals surface area contributed by atoms with Crippen molar-refractivity contribution < 1.29 is 4.74 Å². The fraction of sp³-hybridized carbons (Fsp3) is 0.600. The third-order valence-electron chi connectivity index (χ3n) is 4.00. The number of piperidine rings is 1. The van der Waals surface area contributed by atoms with Crippen molar-refractivity contribution in [2.45, 2.75) is 38.8 Å². The molecule has 0 radical (unpaired) electrons. The molecule has 1 saturated heterocycles. The molecule has 2 rings (SSSR count). The van der Waals surface area contributed by atoms with Crippen molar-refractivity contribution in [3.05, 3.63) is 23.8 Å². The summed E-state index contributed by atoms with van der Waals surface area (Å²) < 4.78 is 5.27. The summed E-state index contributed by atoms with van der Waals surface area (Å²) in [6, 6.07) is 7.61. The summed E-state index contributed by atoms with van der Waals surface area (Å²) in [5, 5.41) is 3.39. The molecule has 0 aliphatic carbocycles. The highest BCUT2D eigenvalue weighted by molar-refractivity contribution is 5.56. The Bertz CT molecular complexity index is 405. The zero-order chi connectivity index (χ0) is 13.1. The SMILES string of the molecule is CNC1CCN(c2ccc(OC)cc2C)C(C)C1. The van der Waals surface area contributed by atoms with E-state index in [2.05, 4.69) is 49.3 Å². The topological polar surface area (TPSA) is 24.5 Å². The molecule has 0 amide bonds. The summed E-state index contributed by atoms with van der Waals surface area (Å²) in [6.07, 6.45) is 2.42. The molecule has 0 aromatic heterocycles. The van der Waals surface area contributed by atoms with Crippen molar-refractivity contribution in [3.8, 4) is 5.75 Å². The Kier molecular flexibility index (Phi) is 4.12. The molecule has 2 unspecified atom stereocenters. The lowest BCUT2D eigenvalue weighted by atomic mass is 9.97. The van der Waals surface area contributed by atoms with Crippen LogP contribution in [0.25, 0.3) is 0 Å². The van der Waals surface area contributed by atoms with E-state index in [0.29, 0.717) is 12.1 Å². The first-order valence-electron chi connectivity index (χ1n) is 6.74. The number of rotatable bonds is 3. The lowest BCUT2D eigenvalue weighted by molar-refractivity contribution is 0.386. The van der Waals surface area contributed by atoms with Gasteiger partial charge < -0.3 is 15.0 Å². The number of anilines is 1. The van der Waals surface area contributed by atoms with Gasteiger partial charge in [0.05, 0.1) is 7.11 Å². The zero-order valence-electron chi connectivity index (χ0n) is 11.9. The van der Waals surface area contributed by atoms with Crippen LogP contribution in [0.1, 0.15) is 25.3 Å². The van der Waals surface area contributed by atoms with Crippen LogP contribution in [0.4, 0.5) is 5.69 Å². The van der Waals surface area contributed by atoms with Crippen molar-refractivity contribution in [1.29, 1.82) is 0 Å². The highest BCUT2D eigenvalue weighted by atomic mass is 16.5. The number of benzene rings is 1. The molecule has 1 aliphatic heterocycles. The largest absolute Gasteiger partial charge is 0.497 e. The van der Waals surface area contributed by atoms with Crippen LogP contribution in [0.5, 0.6) is 5.75 Å². The summed E-state index contributed by atoms with van der Waals surface area (Å²) in [6.45, 7) is 5.60. The maximum atomic E-state index is 5.27. The molecule has 1 N–H and O–H groups in total. The van der Waals surface area contributed by atoms with Crippen molar-refractivity contribution in [1.82, 2.24) is 5.32 Å². The Hall–Kier alpha value is -1.22. The lowest BCUT2D eigenvalue weighted by Crippen LogP contribution is -2.46. The quantitative estimate of drug-likeness (QED) is 0.890. The third kappa shape index (κ3) is 2.61. The zero-order valence-corrected chi connectivity index (χ0v) is 11.9. The third-order valence-corrected chi connectivity index (χ3v) is 4.00. The second kappa shape index (κ2) is 5.61. The van der Waals surface area contributed by atoms with Crippen LogP contribution in [-0.4, -0.2) is 32.8 Å². The maximum Gasteiger partial charge on any atom is 0.119 e. The van der Waals surface area contributed by atoms with E-state index in [-0.39, 0.29) is 0 Å². The molecular weight excluding hydrogens is 224 g/mol. The van der Waals surface area contributed by atoms with Crippen LogP contribution in [0, 0.1) is 6.92 Å². The summed E-state index contributed by atoms with van der Waals surface area (Å²) in [7, 11) is 3.78. The van der Waals surface area contributed by atoms with Crippen LogP contribution in [0.2, 0.25) is 0 Å². The molecule has 3 nitrogen and oxygen atoms in total. The van der Waals surface area contributed by atoms with Crippen molar-refractivity contribution in [2.24, 2.45) is 0 Å². The second-order valence-electron chi connectivity index (χ2n) is 5.20. The van der Waals surface area contributed by atoms with Gasteiger partial charge in [0, 0.05) is 24.3 Å². The van der Waals surface area contributed by atoms with Gasteiger partial charge in [0.2, 0.25) is 0 Å². The van der Waals surface area contributed by atoms with E-state index in [9.17, 15) is 0 Å². The van der Waals surface area contributed by atoms with E-state index in [1.165, 1.54) is 24.1 Å². The minimum atomic E-state index is 0.586. The number of methoxy groups -OCH3 is 1. The molecule has 100 valence electrons. The monoisotopic (exact) mass is 248 g/mol. The van der Waals surface area contributed by atoms with Crippen molar-refractivity contribution >= 4 is 5.69 Å². The van der Waals surface area contributed by atoms with E-state index in [1.807, 2.05) is 0 Å². The average molecular weight is 248 g/mol. The molecule has 1 fully saturated rings. The Morgan fingerprint density at radius 3 is 2.72 bits per heavy atom. The Morgan fingerprint density at radius 2 is 2.17 bits per heavy atom. The number of hydrogen-bond donors (Lipinski definition) is 1. The maximum absolute atomic E-state index is 5.27. The molecule has 1 aromatic carbocycles. The molecule has 0 spiro atoms. The smallest absolute Gasteiger partial charge is 0.119 e. The molecule has 0 saturated carbocycles. The molecule has 3 heteroatoms. The Balaban J connectivity index is 2.16. The summed E-state index contributed by atoms with van der Waals surface area (Å²) >= 11 is 0. The van der Waals surface area contributed by atoms with Crippen molar-refractivity contribution in [2.75, 3.05) is 25.6 Å². The fourth-order valence-corrected chi connectivity index (χ4v) is 2.87. The van der Waals surface area contributed by atoms with E-state index in [0.717, 1.165) is 12.3 Å². The second-order valence-corrected chi connectivity index (χ2v) is 5.20. The molecule has 0 bridgehead atoms. The van der Waals surface area contributed by atoms with E-state index in [1.54, 1.807) is 7.11 Å². The fourth-order valence-electron chi connectivity index (χ4n) is 2.87. The Labute approximate surface area is 110 Å². The summed E-state index contributed by atoms with van der Waals surface area (Å²) in [5.41, 5.74) is 2.64. The van der Waals surface area contributed by atoms with Crippen LogP contribution >= 0.6 is 0 Å². The van der Waals surface area contributed by atoms with Crippen LogP contribution in [-0.2, 0) is 0 Å². The van der Waals surface area contributed by atoms with E-state index < -0.39 is 0 Å². The molecule has 1 heterocycles. The number of nitrogens with one attached hydrogen (secondary N) is 1. The van der Waals surface area contributed by atoms with Crippen molar-refractivity contribution in [3.63, 3.8) is 0 Å². The molecule has 1 aliphatic rings. The highest BCUT2D eigenvalue weighted by Crippen LogP contribution is 2.30. The van der Waals surface area contributed by atoms with Gasteiger partial charge in [-0.3, -0.25) is 0 Å². The Morgan fingerprint density at radius 1 is 1.39 bits per heavy atom. The summed E-state index contributed by atoms with van der Waals surface area (Å²) in [4.78, 5) is 2.52. The minimum Gasteiger partial charge on any atom is -0.497 e. The van der Waals surface area contributed by atoms with Gasteiger partial charge in [-0.25, -0.2) is 0 Å². The molecule has 2 atom stereocenters. The van der Waals surface area contributed by atoms with Crippen LogP contribution in [0.3, 0.4) is 0 Å². The minimum absolute atomic E-state index is 0.586. The molecular formula is C15H24N2O.